The van der Waals surface area contributed by atoms with Gasteiger partial charge in [-0.1, -0.05) is 12.1 Å². The lowest BCUT2D eigenvalue weighted by molar-refractivity contribution is -0.138. The van der Waals surface area contributed by atoms with E-state index >= 15 is 0 Å². The van der Waals surface area contributed by atoms with Crippen LogP contribution in [0.2, 0.25) is 0 Å². The number of carbonyl (C=O) groups excluding carboxylic acids is 1. The molecule has 5 heteroatoms. The maximum absolute atomic E-state index is 12.3. The van der Waals surface area contributed by atoms with Gasteiger partial charge in [-0.05, 0) is 43.9 Å². The number of hydrogen-bond donors (Lipinski definition) is 2. The molecular weight excluding hydrogens is 270 g/mol. The van der Waals surface area contributed by atoms with Crippen LogP contribution < -0.4 is 5.32 Å². The number of ether oxygens (including phenoxy) is 1. The van der Waals surface area contributed by atoms with Crippen molar-refractivity contribution in [2.75, 3.05) is 5.32 Å². The fourth-order valence-electron chi connectivity index (χ4n) is 3.18. The molecule has 5 nitrogen and oxygen atoms in total. The standard InChI is InChI=1S/C16H19NO4/c1-9(16(19)20)10-3-2-4-11(7-10)17-15(18)13-8-12-5-6-14(13)21-12/h2-4,7,9,12-14H,5-6,8H2,1H3,(H,17,18)(H,19,20). The minimum atomic E-state index is -0.875. The number of aliphatic carboxylic acids is 1. The molecule has 2 aliphatic heterocycles. The quantitative estimate of drug-likeness (QED) is 0.892. The average Bonchev–Trinajstić information content (AvgIpc) is 3.09. The van der Waals surface area contributed by atoms with Crippen molar-refractivity contribution in [2.24, 2.45) is 5.92 Å². The van der Waals surface area contributed by atoms with Crippen LogP contribution in [0, 0.1) is 5.92 Å². The highest BCUT2D eigenvalue weighted by atomic mass is 16.5. The number of fused-ring (bicyclic) bond motifs is 2. The van der Waals surface area contributed by atoms with Crippen LogP contribution in [0.5, 0.6) is 0 Å². The van der Waals surface area contributed by atoms with Crippen LogP contribution in [0.15, 0.2) is 24.3 Å². The van der Waals surface area contributed by atoms with Crippen molar-refractivity contribution in [2.45, 2.75) is 44.3 Å². The van der Waals surface area contributed by atoms with E-state index in [0.29, 0.717) is 11.3 Å². The van der Waals surface area contributed by atoms with Gasteiger partial charge in [0.15, 0.2) is 0 Å². The summed E-state index contributed by atoms with van der Waals surface area (Å²) in [6.45, 7) is 1.63. The Morgan fingerprint density at radius 1 is 1.38 bits per heavy atom. The van der Waals surface area contributed by atoms with E-state index in [9.17, 15) is 9.59 Å². The molecule has 2 N–H and O–H groups in total. The number of anilines is 1. The predicted octanol–water partition coefficient (Wildman–Crippen LogP) is 2.38. The Morgan fingerprint density at radius 2 is 2.19 bits per heavy atom. The van der Waals surface area contributed by atoms with Gasteiger partial charge in [-0.15, -0.1) is 0 Å². The van der Waals surface area contributed by atoms with Gasteiger partial charge in [0.25, 0.3) is 0 Å². The summed E-state index contributed by atoms with van der Waals surface area (Å²) in [7, 11) is 0. The second-order valence-corrected chi connectivity index (χ2v) is 5.89. The first-order chi connectivity index (χ1) is 10.0. The van der Waals surface area contributed by atoms with Gasteiger partial charge in [-0.25, -0.2) is 0 Å². The van der Waals surface area contributed by atoms with Crippen LogP contribution in [-0.4, -0.2) is 29.2 Å². The second kappa shape index (κ2) is 5.48. The molecule has 2 aliphatic rings. The largest absolute Gasteiger partial charge is 0.481 e. The van der Waals surface area contributed by atoms with Crippen molar-refractivity contribution in [1.29, 1.82) is 0 Å². The molecule has 0 aliphatic carbocycles. The van der Waals surface area contributed by atoms with Gasteiger partial charge in [0.05, 0.1) is 24.0 Å². The van der Waals surface area contributed by atoms with E-state index in [1.807, 2.05) is 0 Å². The molecule has 0 aromatic heterocycles. The first kappa shape index (κ1) is 14.1. The number of amides is 1. The molecule has 1 aromatic carbocycles. The van der Waals surface area contributed by atoms with E-state index in [1.54, 1.807) is 31.2 Å². The summed E-state index contributed by atoms with van der Waals surface area (Å²) in [5.41, 5.74) is 1.33. The zero-order chi connectivity index (χ0) is 15.0. The number of hydrogen-bond acceptors (Lipinski definition) is 3. The molecule has 4 atom stereocenters. The van der Waals surface area contributed by atoms with Crippen LogP contribution in [0.25, 0.3) is 0 Å². The van der Waals surface area contributed by atoms with Crippen LogP contribution in [0.1, 0.15) is 37.7 Å². The van der Waals surface area contributed by atoms with Crippen molar-refractivity contribution in [3.63, 3.8) is 0 Å². The Kier molecular flexibility index (Phi) is 3.68. The molecule has 21 heavy (non-hydrogen) atoms. The Bertz CT molecular complexity index is 571. The molecule has 2 saturated heterocycles. The maximum Gasteiger partial charge on any atom is 0.310 e. The van der Waals surface area contributed by atoms with E-state index < -0.39 is 11.9 Å². The summed E-state index contributed by atoms with van der Waals surface area (Å²) in [6.07, 6.45) is 3.10. The van der Waals surface area contributed by atoms with E-state index in [2.05, 4.69) is 5.32 Å². The van der Waals surface area contributed by atoms with Gasteiger partial charge < -0.3 is 15.2 Å². The normalized spacial score (nSPS) is 28.3. The number of rotatable bonds is 4. The molecule has 1 amide bonds. The molecule has 2 bridgehead atoms. The van der Waals surface area contributed by atoms with Crippen LogP contribution >= 0.6 is 0 Å². The topological polar surface area (TPSA) is 75.6 Å². The lowest BCUT2D eigenvalue weighted by Crippen LogP contribution is -2.30. The fraction of sp³-hybridized carbons (Fsp3) is 0.500. The van der Waals surface area contributed by atoms with E-state index in [4.69, 9.17) is 9.84 Å². The minimum absolute atomic E-state index is 0.0256. The van der Waals surface area contributed by atoms with Gasteiger partial charge in [-0.2, -0.15) is 0 Å². The third-order valence-electron chi connectivity index (χ3n) is 4.47. The third-order valence-corrected chi connectivity index (χ3v) is 4.47. The van der Waals surface area contributed by atoms with Gasteiger partial charge in [0.2, 0.25) is 5.91 Å². The Morgan fingerprint density at radius 3 is 2.81 bits per heavy atom. The van der Waals surface area contributed by atoms with Gasteiger partial charge >= 0.3 is 5.97 Å². The van der Waals surface area contributed by atoms with Crippen molar-refractivity contribution in [3.8, 4) is 0 Å². The molecule has 3 rings (SSSR count). The predicted molar refractivity (Wildman–Crippen MR) is 77.1 cm³/mol. The summed E-state index contributed by atoms with van der Waals surface area (Å²) in [4.78, 5) is 23.3. The van der Waals surface area contributed by atoms with Crippen molar-refractivity contribution >= 4 is 17.6 Å². The SMILES string of the molecule is CC(C(=O)O)c1cccc(NC(=O)C2CC3CCC2O3)c1. The third kappa shape index (κ3) is 2.78. The highest BCUT2D eigenvalue weighted by Crippen LogP contribution is 2.39. The summed E-state index contributed by atoms with van der Waals surface area (Å²) < 4.78 is 5.70. The zero-order valence-electron chi connectivity index (χ0n) is 11.9. The highest BCUT2D eigenvalue weighted by molar-refractivity contribution is 5.93. The summed E-state index contributed by atoms with van der Waals surface area (Å²) in [5, 5.41) is 11.9. The number of carbonyl (C=O) groups is 2. The minimum Gasteiger partial charge on any atom is -0.481 e. The molecule has 2 fully saturated rings. The molecule has 112 valence electrons. The summed E-state index contributed by atoms with van der Waals surface area (Å²) >= 11 is 0. The van der Waals surface area contributed by atoms with Crippen LogP contribution in [0.3, 0.4) is 0 Å². The number of carboxylic acid groups (broad SMARTS) is 1. The summed E-state index contributed by atoms with van der Waals surface area (Å²) in [6, 6.07) is 7.03. The Hall–Kier alpha value is -1.88. The van der Waals surface area contributed by atoms with Crippen LogP contribution in [-0.2, 0) is 14.3 Å². The smallest absolute Gasteiger partial charge is 0.310 e. The number of benzene rings is 1. The Balaban J connectivity index is 1.69. The highest BCUT2D eigenvalue weighted by Gasteiger charge is 2.44. The van der Waals surface area contributed by atoms with E-state index in [0.717, 1.165) is 19.3 Å². The first-order valence-electron chi connectivity index (χ1n) is 7.33. The van der Waals surface area contributed by atoms with E-state index in [-0.39, 0.29) is 24.0 Å². The van der Waals surface area contributed by atoms with Gasteiger partial charge in [-0.3, -0.25) is 9.59 Å². The van der Waals surface area contributed by atoms with E-state index in [1.165, 1.54) is 0 Å². The number of carboxylic acids is 1. The maximum atomic E-state index is 12.3. The van der Waals surface area contributed by atoms with Gasteiger partial charge in [0.1, 0.15) is 0 Å². The lowest BCUT2D eigenvalue weighted by atomic mass is 9.88. The van der Waals surface area contributed by atoms with Gasteiger partial charge in [0, 0.05) is 5.69 Å². The molecule has 0 spiro atoms. The van der Waals surface area contributed by atoms with Crippen molar-refractivity contribution in [3.05, 3.63) is 29.8 Å². The molecule has 0 saturated carbocycles. The lowest BCUT2D eigenvalue weighted by Gasteiger charge is -2.18. The number of nitrogens with one attached hydrogen (secondary N) is 1. The molecule has 2 heterocycles. The Labute approximate surface area is 123 Å². The second-order valence-electron chi connectivity index (χ2n) is 5.89. The van der Waals surface area contributed by atoms with Crippen molar-refractivity contribution in [1.82, 2.24) is 0 Å². The molecule has 4 unspecified atom stereocenters. The average molecular weight is 289 g/mol. The zero-order valence-corrected chi connectivity index (χ0v) is 11.9. The molecule has 0 radical (unpaired) electrons. The monoisotopic (exact) mass is 289 g/mol. The fourth-order valence-corrected chi connectivity index (χ4v) is 3.18. The molecular formula is C16H19NO4. The molecule has 1 aromatic rings. The van der Waals surface area contributed by atoms with Crippen LogP contribution in [0.4, 0.5) is 5.69 Å². The first-order valence-corrected chi connectivity index (χ1v) is 7.33. The van der Waals surface area contributed by atoms with Crippen molar-refractivity contribution < 1.29 is 19.4 Å². The summed E-state index contributed by atoms with van der Waals surface area (Å²) in [5.74, 6) is -1.57.